The summed E-state index contributed by atoms with van der Waals surface area (Å²) in [5.74, 6) is -0.641. The number of phenols is 1. The molecule has 1 amide bonds. The topological polar surface area (TPSA) is 117 Å². The number of hydrogen-bond acceptors (Lipinski definition) is 5. The lowest BCUT2D eigenvalue weighted by Crippen LogP contribution is -2.25. The summed E-state index contributed by atoms with van der Waals surface area (Å²) in [7, 11) is 0. The third-order valence-electron chi connectivity index (χ3n) is 4.45. The number of benzene rings is 2. The van der Waals surface area contributed by atoms with E-state index in [1.165, 1.54) is 35.0 Å². The predicted octanol–water partition coefficient (Wildman–Crippen LogP) is 2.84. The summed E-state index contributed by atoms with van der Waals surface area (Å²) in [5.41, 5.74) is 8.41. The first-order chi connectivity index (χ1) is 13.9. The fourth-order valence-corrected chi connectivity index (χ4v) is 2.94. The van der Waals surface area contributed by atoms with E-state index in [9.17, 15) is 19.6 Å². The number of nitrogens with one attached hydrogen (secondary N) is 1. The summed E-state index contributed by atoms with van der Waals surface area (Å²) in [6, 6.07) is 12.5. The maximum absolute atomic E-state index is 13.1. The summed E-state index contributed by atoms with van der Waals surface area (Å²) in [5, 5.41) is 26.4. The number of carbonyl (C=O) groups is 1. The lowest BCUT2D eigenvalue weighted by Gasteiger charge is -2.07. The van der Waals surface area contributed by atoms with Crippen molar-refractivity contribution in [3.63, 3.8) is 0 Å². The number of aromatic hydroxyl groups is 1. The van der Waals surface area contributed by atoms with Gasteiger partial charge in [0.25, 0.3) is 5.91 Å². The highest BCUT2D eigenvalue weighted by Crippen LogP contribution is 2.22. The summed E-state index contributed by atoms with van der Waals surface area (Å²) in [6.07, 6.45) is 0.939. The number of hydrogen-bond donors (Lipinski definition) is 3. The quantitative estimate of drug-likeness (QED) is 0.557. The van der Waals surface area contributed by atoms with E-state index < -0.39 is 0 Å². The van der Waals surface area contributed by atoms with Gasteiger partial charge in [0.05, 0.1) is 16.9 Å². The minimum Gasteiger partial charge on any atom is -0.507 e. The van der Waals surface area contributed by atoms with E-state index in [1.54, 1.807) is 12.1 Å². The minimum absolute atomic E-state index is 0.0694. The number of carbonyl (C=O) groups excluding carboxylic acids is 1. The summed E-state index contributed by atoms with van der Waals surface area (Å²) in [6.45, 7) is 2.16. The van der Waals surface area contributed by atoms with Gasteiger partial charge in [-0.05, 0) is 61.7 Å². The molecule has 29 heavy (non-hydrogen) atoms. The zero-order valence-corrected chi connectivity index (χ0v) is 15.8. The van der Waals surface area contributed by atoms with Crippen molar-refractivity contribution in [2.75, 3.05) is 12.3 Å². The first kappa shape index (κ1) is 19.9. The number of nitriles is 1. The molecule has 7 nitrogen and oxygen atoms in total. The van der Waals surface area contributed by atoms with E-state index in [-0.39, 0.29) is 34.4 Å². The van der Waals surface area contributed by atoms with Crippen LogP contribution in [0.15, 0.2) is 42.5 Å². The van der Waals surface area contributed by atoms with Crippen molar-refractivity contribution < 1.29 is 14.3 Å². The van der Waals surface area contributed by atoms with Gasteiger partial charge in [-0.2, -0.15) is 10.4 Å². The van der Waals surface area contributed by atoms with Crippen molar-refractivity contribution in [3.8, 4) is 17.5 Å². The third-order valence-corrected chi connectivity index (χ3v) is 4.45. The first-order valence-electron chi connectivity index (χ1n) is 9.02. The van der Waals surface area contributed by atoms with E-state index in [0.29, 0.717) is 30.8 Å². The SMILES string of the molecule is Cc1ccc(C(=O)NCCCc2nn(-c3ccc(F)cc3)c(N)c2C#N)c(O)c1. The smallest absolute Gasteiger partial charge is 0.255 e. The van der Waals surface area contributed by atoms with Crippen LogP contribution < -0.4 is 11.1 Å². The normalized spacial score (nSPS) is 10.5. The molecule has 1 heterocycles. The van der Waals surface area contributed by atoms with Crippen LogP contribution in [-0.4, -0.2) is 27.3 Å². The predicted molar refractivity (Wildman–Crippen MR) is 106 cm³/mol. The minimum atomic E-state index is -0.379. The number of nitrogen functional groups attached to an aromatic ring is 1. The summed E-state index contributed by atoms with van der Waals surface area (Å²) >= 11 is 0. The highest BCUT2D eigenvalue weighted by Gasteiger charge is 2.17. The molecular weight excluding hydrogens is 373 g/mol. The van der Waals surface area contributed by atoms with Gasteiger partial charge in [-0.15, -0.1) is 0 Å². The molecule has 8 heteroatoms. The molecule has 0 saturated heterocycles. The number of nitrogens with zero attached hydrogens (tertiary/aromatic N) is 3. The van der Waals surface area contributed by atoms with Crippen LogP contribution in [0, 0.1) is 24.1 Å². The fraction of sp³-hybridized carbons (Fsp3) is 0.190. The maximum atomic E-state index is 13.1. The second-order valence-corrected chi connectivity index (χ2v) is 6.59. The Kier molecular flexibility index (Phi) is 5.79. The molecule has 0 aliphatic heterocycles. The van der Waals surface area contributed by atoms with Crippen LogP contribution in [0.3, 0.4) is 0 Å². The Bertz CT molecular complexity index is 1080. The van der Waals surface area contributed by atoms with Crippen molar-refractivity contribution in [1.29, 1.82) is 5.26 Å². The Morgan fingerprint density at radius 2 is 2.03 bits per heavy atom. The largest absolute Gasteiger partial charge is 0.507 e. The second-order valence-electron chi connectivity index (χ2n) is 6.59. The van der Waals surface area contributed by atoms with Crippen molar-refractivity contribution in [3.05, 3.63) is 70.7 Å². The number of anilines is 1. The van der Waals surface area contributed by atoms with Gasteiger partial charge in [0, 0.05) is 6.54 Å². The number of aromatic nitrogens is 2. The number of nitrogens with two attached hydrogens (primary N) is 1. The lowest BCUT2D eigenvalue weighted by molar-refractivity contribution is 0.0950. The molecule has 0 saturated carbocycles. The van der Waals surface area contributed by atoms with Crippen LogP contribution in [-0.2, 0) is 6.42 Å². The Morgan fingerprint density at radius 3 is 2.69 bits per heavy atom. The highest BCUT2D eigenvalue weighted by molar-refractivity contribution is 5.96. The molecule has 0 fully saturated rings. The van der Waals surface area contributed by atoms with E-state index in [4.69, 9.17) is 5.73 Å². The van der Waals surface area contributed by atoms with Crippen LogP contribution in [0.4, 0.5) is 10.2 Å². The average Bonchev–Trinajstić information content (AvgIpc) is 3.01. The van der Waals surface area contributed by atoms with Crippen LogP contribution in [0.1, 0.15) is 33.6 Å². The van der Waals surface area contributed by atoms with Gasteiger partial charge < -0.3 is 16.2 Å². The highest BCUT2D eigenvalue weighted by atomic mass is 19.1. The van der Waals surface area contributed by atoms with Crippen LogP contribution >= 0.6 is 0 Å². The van der Waals surface area contributed by atoms with Crippen molar-refractivity contribution in [2.24, 2.45) is 0 Å². The number of amides is 1. The van der Waals surface area contributed by atoms with Crippen LogP contribution in [0.25, 0.3) is 5.69 Å². The molecule has 1 aromatic heterocycles. The molecule has 0 aliphatic rings. The van der Waals surface area contributed by atoms with Gasteiger partial charge in [-0.3, -0.25) is 4.79 Å². The Balaban J connectivity index is 1.65. The first-order valence-corrected chi connectivity index (χ1v) is 9.02. The van der Waals surface area contributed by atoms with E-state index >= 15 is 0 Å². The number of aryl methyl sites for hydroxylation is 2. The van der Waals surface area contributed by atoms with Crippen molar-refractivity contribution >= 4 is 11.7 Å². The van der Waals surface area contributed by atoms with Gasteiger partial charge in [0.2, 0.25) is 0 Å². The molecule has 3 rings (SSSR count). The third kappa shape index (κ3) is 4.35. The maximum Gasteiger partial charge on any atom is 0.255 e. The van der Waals surface area contributed by atoms with Gasteiger partial charge in [-0.1, -0.05) is 6.07 Å². The number of halogens is 1. The average molecular weight is 393 g/mol. The number of phenolic OH excluding ortho intramolecular Hbond substituents is 1. The summed E-state index contributed by atoms with van der Waals surface area (Å²) in [4.78, 5) is 12.2. The van der Waals surface area contributed by atoms with Crippen molar-refractivity contribution in [1.82, 2.24) is 15.1 Å². The zero-order chi connectivity index (χ0) is 21.0. The summed E-state index contributed by atoms with van der Waals surface area (Å²) < 4.78 is 14.5. The number of rotatable bonds is 6. The molecule has 0 radical (unpaired) electrons. The molecule has 0 aliphatic carbocycles. The van der Waals surface area contributed by atoms with E-state index in [0.717, 1.165) is 5.56 Å². The second kappa shape index (κ2) is 8.44. The molecule has 148 valence electrons. The van der Waals surface area contributed by atoms with Crippen LogP contribution in [0.5, 0.6) is 5.75 Å². The molecule has 0 bridgehead atoms. The molecular formula is C21H20FN5O2. The molecule has 0 atom stereocenters. The Labute approximate surface area is 167 Å². The fourth-order valence-electron chi connectivity index (χ4n) is 2.94. The van der Waals surface area contributed by atoms with Gasteiger partial charge in [0.1, 0.15) is 29.0 Å². The van der Waals surface area contributed by atoms with Crippen molar-refractivity contribution in [2.45, 2.75) is 19.8 Å². The molecule has 4 N–H and O–H groups in total. The standard InChI is InChI=1S/C21H20FN5O2/c1-13-4-9-16(19(28)11-13)21(29)25-10-2-3-18-17(12-23)20(24)27(26-18)15-7-5-14(22)6-8-15/h4-9,11,28H,2-3,10,24H2,1H3,(H,25,29). The van der Waals surface area contributed by atoms with E-state index in [1.807, 2.05) is 6.92 Å². The molecule has 0 unspecified atom stereocenters. The Morgan fingerprint density at radius 1 is 1.31 bits per heavy atom. The van der Waals surface area contributed by atoms with E-state index in [2.05, 4.69) is 16.5 Å². The molecule has 0 spiro atoms. The van der Waals surface area contributed by atoms with Gasteiger partial charge in [0.15, 0.2) is 0 Å². The lowest BCUT2D eigenvalue weighted by atomic mass is 10.1. The molecule has 2 aromatic carbocycles. The van der Waals surface area contributed by atoms with Crippen LogP contribution in [0.2, 0.25) is 0 Å². The monoisotopic (exact) mass is 393 g/mol. The van der Waals surface area contributed by atoms with Gasteiger partial charge >= 0.3 is 0 Å². The zero-order valence-electron chi connectivity index (χ0n) is 15.8. The van der Waals surface area contributed by atoms with Gasteiger partial charge in [-0.25, -0.2) is 9.07 Å². The Hall–Kier alpha value is -3.86. The molecule has 3 aromatic rings.